The van der Waals surface area contributed by atoms with Crippen LogP contribution >= 0.6 is 0 Å². The van der Waals surface area contributed by atoms with Crippen LogP contribution < -0.4 is 4.57 Å². The number of nitrogens with zero attached hydrogens (tertiary/aromatic N) is 2. The molecule has 0 aliphatic carbocycles. The van der Waals surface area contributed by atoms with E-state index in [2.05, 4.69) is 103 Å². The lowest BCUT2D eigenvalue weighted by atomic mass is 9.88. The maximum atomic E-state index is 2.66. The van der Waals surface area contributed by atoms with Crippen molar-refractivity contribution in [1.82, 2.24) is 4.57 Å². The number of hydrogen-bond donors (Lipinski definition) is 0. The van der Waals surface area contributed by atoms with E-state index in [9.17, 15) is 0 Å². The molecule has 0 fully saturated rings. The number of aromatic nitrogens is 2. The largest absolute Gasteiger partial charge is 0.256 e. The van der Waals surface area contributed by atoms with Crippen LogP contribution in [-0.4, -0.2) is 4.57 Å². The van der Waals surface area contributed by atoms with Crippen molar-refractivity contribution in [2.75, 3.05) is 0 Å². The van der Waals surface area contributed by atoms with E-state index in [1.165, 1.54) is 159 Å². The predicted octanol–water partition coefficient (Wildman–Crippen LogP) is 13.9. The Balaban J connectivity index is 1.49. The molecule has 0 radical (unpaired) electrons. The van der Waals surface area contributed by atoms with Gasteiger partial charge in [0.05, 0.1) is 12.6 Å². The molecular formula is C46H75N2+. The highest BCUT2D eigenvalue weighted by Gasteiger charge is 2.23. The van der Waals surface area contributed by atoms with E-state index < -0.39 is 0 Å². The van der Waals surface area contributed by atoms with E-state index in [1.807, 2.05) is 0 Å². The summed E-state index contributed by atoms with van der Waals surface area (Å²) in [5, 5.41) is 0. The first-order chi connectivity index (χ1) is 23.7. The minimum absolute atomic E-state index is 0.532. The average Bonchev–Trinajstić information content (AvgIpc) is 3.53. The summed E-state index contributed by atoms with van der Waals surface area (Å²) in [7, 11) is 0. The lowest BCUT2D eigenvalue weighted by Gasteiger charge is -2.18. The second-order valence-corrected chi connectivity index (χ2v) is 15.0. The standard InChI is InChI=1S/C46H75N2/c1-4-6-8-10-12-13-14-15-16-17-18-19-21-25-31-42(3)48-40-39-47(38-30-22-20-11-9-7-5-2)46(48)37-36-45(44-34-28-24-29-35-44)41-43-32-26-23-27-33-43/h23-24,26-29,32-35,39-40,42,45H,4-22,25,30-31,36-38,41H2,1-3H3/q+1. The van der Waals surface area contributed by atoms with Crippen molar-refractivity contribution in [2.24, 2.45) is 0 Å². The summed E-state index contributed by atoms with van der Waals surface area (Å²) in [6.07, 6.45) is 39.1. The molecule has 0 aliphatic heterocycles. The molecule has 2 atom stereocenters. The number of rotatable bonds is 30. The first kappa shape index (κ1) is 40.1. The molecule has 0 N–H and O–H groups in total. The SMILES string of the molecule is CCCCCCCCCCCCCCCCC(C)n1cc[n+](CCCCCCCCC)c1CCC(Cc1ccccc1)c1ccccc1. The van der Waals surface area contributed by atoms with Crippen LogP contribution in [-0.2, 0) is 19.4 Å². The number of hydrogen-bond acceptors (Lipinski definition) is 0. The van der Waals surface area contributed by atoms with Gasteiger partial charge in [-0.1, -0.05) is 190 Å². The molecule has 0 saturated carbocycles. The fourth-order valence-electron chi connectivity index (χ4n) is 7.68. The Labute approximate surface area is 298 Å². The molecule has 2 nitrogen and oxygen atoms in total. The van der Waals surface area contributed by atoms with E-state index in [1.54, 1.807) is 5.82 Å². The van der Waals surface area contributed by atoms with Gasteiger partial charge in [-0.2, -0.15) is 0 Å². The van der Waals surface area contributed by atoms with Gasteiger partial charge < -0.3 is 0 Å². The van der Waals surface area contributed by atoms with Crippen molar-refractivity contribution in [3.05, 3.63) is 90.0 Å². The zero-order valence-electron chi connectivity index (χ0n) is 31.9. The molecule has 0 amide bonds. The molecule has 0 saturated heterocycles. The van der Waals surface area contributed by atoms with Gasteiger partial charge in [-0.25, -0.2) is 9.13 Å². The van der Waals surface area contributed by atoms with E-state index in [0.29, 0.717) is 12.0 Å². The first-order valence-corrected chi connectivity index (χ1v) is 20.9. The van der Waals surface area contributed by atoms with Gasteiger partial charge in [0, 0.05) is 6.42 Å². The van der Waals surface area contributed by atoms with Crippen molar-refractivity contribution >= 4 is 0 Å². The molecule has 48 heavy (non-hydrogen) atoms. The molecule has 2 unspecified atom stereocenters. The summed E-state index contributed by atoms with van der Waals surface area (Å²) in [6.45, 7) is 8.26. The van der Waals surface area contributed by atoms with Gasteiger partial charge in [-0.05, 0) is 62.5 Å². The van der Waals surface area contributed by atoms with Crippen LogP contribution in [0.3, 0.4) is 0 Å². The summed E-state index contributed by atoms with van der Waals surface area (Å²) >= 11 is 0. The summed E-state index contributed by atoms with van der Waals surface area (Å²) in [4.78, 5) is 0. The van der Waals surface area contributed by atoms with Gasteiger partial charge in [0.25, 0.3) is 5.82 Å². The topological polar surface area (TPSA) is 8.81 Å². The van der Waals surface area contributed by atoms with E-state index >= 15 is 0 Å². The summed E-state index contributed by atoms with van der Waals surface area (Å²) in [5.74, 6) is 2.08. The van der Waals surface area contributed by atoms with E-state index in [-0.39, 0.29) is 0 Å². The lowest BCUT2D eigenvalue weighted by molar-refractivity contribution is -0.704. The van der Waals surface area contributed by atoms with Crippen LogP contribution in [0.1, 0.15) is 197 Å². The van der Waals surface area contributed by atoms with Gasteiger partial charge in [0.15, 0.2) is 0 Å². The van der Waals surface area contributed by atoms with Gasteiger partial charge >= 0.3 is 0 Å². The van der Waals surface area contributed by atoms with Crippen molar-refractivity contribution in [2.45, 2.75) is 200 Å². The van der Waals surface area contributed by atoms with Crippen LogP contribution in [0.25, 0.3) is 0 Å². The van der Waals surface area contributed by atoms with E-state index in [0.717, 1.165) is 19.4 Å². The van der Waals surface area contributed by atoms with Crippen molar-refractivity contribution in [1.29, 1.82) is 0 Å². The maximum absolute atomic E-state index is 2.66. The molecular weight excluding hydrogens is 581 g/mol. The Bertz CT molecular complexity index is 1130. The minimum atomic E-state index is 0.532. The van der Waals surface area contributed by atoms with Crippen LogP contribution in [0.15, 0.2) is 73.1 Å². The molecule has 1 aromatic heterocycles. The Morgan fingerprint density at radius 1 is 0.542 bits per heavy atom. The third kappa shape index (κ3) is 16.8. The number of imidazole rings is 1. The highest BCUT2D eigenvalue weighted by Crippen LogP contribution is 2.27. The Kier molecular flexibility index (Phi) is 22.1. The van der Waals surface area contributed by atoms with Gasteiger partial charge in [-0.15, -0.1) is 0 Å². The lowest BCUT2D eigenvalue weighted by Crippen LogP contribution is -2.38. The highest BCUT2D eigenvalue weighted by atomic mass is 15.2. The van der Waals surface area contributed by atoms with E-state index in [4.69, 9.17) is 0 Å². The van der Waals surface area contributed by atoms with Crippen molar-refractivity contribution in [3.8, 4) is 0 Å². The fourth-order valence-corrected chi connectivity index (χ4v) is 7.68. The summed E-state index contributed by atoms with van der Waals surface area (Å²) < 4.78 is 5.28. The summed E-state index contributed by atoms with van der Waals surface area (Å²) in [5.41, 5.74) is 2.93. The third-order valence-electron chi connectivity index (χ3n) is 10.8. The molecule has 3 rings (SSSR count). The molecule has 3 aromatic rings. The minimum Gasteiger partial charge on any atom is -0.234 e. The van der Waals surface area contributed by atoms with Crippen LogP contribution in [0.5, 0.6) is 0 Å². The zero-order chi connectivity index (χ0) is 33.9. The maximum Gasteiger partial charge on any atom is 0.256 e. The normalized spacial score (nSPS) is 12.8. The van der Waals surface area contributed by atoms with Gasteiger partial charge in [-0.3, -0.25) is 0 Å². The Hall–Kier alpha value is -2.35. The number of aryl methyl sites for hydroxylation is 1. The molecule has 0 spiro atoms. The second kappa shape index (κ2) is 26.5. The molecule has 2 heteroatoms. The van der Waals surface area contributed by atoms with Gasteiger partial charge in [0.1, 0.15) is 12.4 Å². The molecule has 268 valence electrons. The first-order valence-electron chi connectivity index (χ1n) is 20.9. The van der Waals surface area contributed by atoms with Crippen molar-refractivity contribution < 1.29 is 4.57 Å². The number of unbranched alkanes of at least 4 members (excludes halogenated alkanes) is 19. The third-order valence-corrected chi connectivity index (χ3v) is 10.8. The van der Waals surface area contributed by atoms with Crippen LogP contribution in [0.2, 0.25) is 0 Å². The molecule has 0 aliphatic rings. The van der Waals surface area contributed by atoms with Crippen LogP contribution in [0, 0.1) is 0 Å². The molecule has 2 aromatic carbocycles. The summed E-state index contributed by atoms with van der Waals surface area (Å²) in [6, 6.07) is 23.0. The zero-order valence-corrected chi connectivity index (χ0v) is 31.9. The highest BCUT2D eigenvalue weighted by molar-refractivity contribution is 5.24. The molecule has 0 bridgehead atoms. The van der Waals surface area contributed by atoms with Gasteiger partial charge in [0.2, 0.25) is 0 Å². The fraction of sp³-hybridized carbons (Fsp3) is 0.674. The monoisotopic (exact) mass is 656 g/mol. The van der Waals surface area contributed by atoms with Crippen molar-refractivity contribution in [3.63, 3.8) is 0 Å². The second-order valence-electron chi connectivity index (χ2n) is 15.0. The smallest absolute Gasteiger partial charge is 0.234 e. The average molecular weight is 656 g/mol. The Morgan fingerprint density at radius 2 is 1.02 bits per heavy atom. The van der Waals surface area contributed by atoms with Crippen LogP contribution in [0.4, 0.5) is 0 Å². The number of benzene rings is 2. The molecule has 1 heterocycles. The Morgan fingerprint density at radius 3 is 1.56 bits per heavy atom. The predicted molar refractivity (Wildman–Crippen MR) is 210 cm³/mol. The quantitative estimate of drug-likeness (QED) is 0.0499.